The van der Waals surface area contributed by atoms with E-state index in [4.69, 9.17) is 4.74 Å². The van der Waals surface area contributed by atoms with Gasteiger partial charge >= 0.3 is 0 Å². The lowest BCUT2D eigenvalue weighted by Gasteiger charge is -2.58. The molecule has 2 unspecified atom stereocenters. The number of ether oxygens (including phenoxy) is 1. The molecular formula is C32H56N2OSi2. The first-order valence-electron chi connectivity index (χ1n) is 14.3. The van der Waals surface area contributed by atoms with Crippen LogP contribution in [0.2, 0.25) is 26.2 Å². The normalized spacial score (nSPS) is 16.3. The van der Waals surface area contributed by atoms with E-state index in [0.717, 1.165) is 0 Å². The van der Waals surface area contributed by atoms with Gasteiger partial charge in [0.2, 0.25) is 0 Å². The second kappa shape index (κ2) is 11.7. The fourth-order valence-corrected chi connectivity index (χ4v) is 12.7. The number of hydrogen-bond donors (Lipinski definition) is 2. The van der Waals surface area contributed by atoms with Gasteiger partial charge in [0.25, 0.3) is 0 Å². The van der Waals surface area contributed by atoms with Crippen LogP contribution in [0.4, 0.5) is 11.4 Å². The van der Waals surface area contributed by atoms with Crippen LogP contribution in [0, 0.1) is 10.8 Å². The zero-order chi connectivity index (χ0) is 28.4. The molecule has 3 nitrogen and oxygen atoms in total. The lowest BCUT2D eigenvalue weighted by molar-refractivity contribution is -0.175. The van der Waals surface area contributed by atoms with Crippen LogP contribution in [0.15, 0.2) is 48.5 Å². The molecule has 0 aromatic heterocycles. The second-order valence-electron chi connectivity index (χ2n) is 14.1. The molecule has 0 radical (unpaired) electrons. The third-order valence-electron chi connectivity index (χ3n) is 7.67. The summed E-state index contributed by atoms with van der Waals surface area (Å²) in [4.78, 5) is 0. The van der Waals surface area contributed by atoms with E-state index >= 15 is 0 Å². The quantitative estimate of drug-likeness (QED) is 0.296. The number of anilines is 2. The van der Waals surface area contributed by atoms with Crippen LogP contribution in [0.1, 0.15) is 80.4 Å². The molecule has 0 saturated heterocycles. The van der Waals surface area contributed by atoms with Crippen molar-refractivity contribution in [1.29, 1.82) is 0 Å². The van der Waals surface area contributed by atoms with Crippen molar-refractivity contribution in [1.82, 2.24) is 0 Å². The zero-order valence-corrected chi connectivity index (χ0v) is 28.6. The monoisotopic (exact) mass is 540 g/mol. The Balaban J connectivity index is 2.93. The molecule has 0 spiro atoms. The Morgan fingerprint density at radius 1 is 0.595 bits per heavy atom. The van der Waals surface area contributed by atoms with Crippen molar-refractivity contribution in [2.75, 3.05) is 10.6 Å². The van der Waals surface area contributed by atoms with E-state index in [1.807, 2.05) is 0 Å². The van der Waals surface area contributed by atoms with Crippen LogP contribution < -0.4 is 10.6 Å². The molecule has 0 fully saturated rings. The number of nitrogens with one attached hydrogen (secondary N) is 2. The highest BCUT2D eigenvalue weighted by Crippen LogP contribution is 2.55. The Bertz CT molecular complexity index is 938. The third kappa shape index (κ3) is 6.54. The van der Waals surface area contributed by atoms with Gasteiger partial charge in [-0.1, -0.05) is 92.0 Å². The van der Waals surface area contributed by atoms with Gasteiger partial charge in [-0.3, -0.25) is 0 Å². The van der Waals surface area contributed by atoms with Gasteiger partial charge in [-0.15, -0.1) is 0 Å². The van der Waals surface area contributed by atoms with Gasteiger partial charge in [-0.2, -0.15) is 0 Å². The zero-order valence-electron chi connectivity index (χ0n) is 26.3. The van der Waals surface area contributed by atoms with Gasteiger partial charge in [0.15, 0.2) is 0 Å². The molecule has 37 heavy (non-hydrogen) atoms. The lowest BCUT2D eigenvalue weighted by atomic mass is 9.79. The highest BCUT2D eigenvalue weighted by Gasteiger charge is 2.57. The van der Waals surface area contributed by atoms with Crippen molar-refractivity contribution in [3.8, 4) is 0 Å². The van der Waals surface area contributed by atoms with E-state index in [1.165, 1.54) is 22.5 Å². The molecule has 2 atom stereocenters. The Hall–Kier alpha value is -1.57. The Labute approximate surface area is 232 Å². The summed E-state index contributed by atoms with van der Waals surface area (Å²) in [6.07, 6.45) is 0. The van der Waals surface area contributed by atoms with Crippen molar-refractivity contribution < 1.29 is 4.74 Å². The summed E-state index contributed by atoms with van der Waals surface area (Å²) in [5.74, 6) is 0. The average molecular weight is 541 g/mol. The average Bonchev–Trinajstić information content (AvgIpc) is 2.71. The van der Waals surface area contributed by atoms with Crippen LogP contribution in [0.3, 0.4) is 0 Å². The number of benzene rings is 2. The van der Waals surface area contributed by atoms with Crippen molar-refractivity contribution >= 4 is 29.0 Å². The molecule has 0 heterocycles. The Morgan fingerprint density at radius 2 is 0.919 bits per heavy atom. The number of hydrogen-bond acceptors (Lipinski definition) is 3. The van der Waals surface area contributed by atoms with Gasteiger partial charge in [-0.25, -0.2) is 0 Å². The maximum atomic E-state index is 8.04. The van der Waals surface area contributed by atoms with Crippen molar-refractivity contribution in [3.05, 3.63) is 59.7 Å². The summed E-state index contributed by atoms with van der Waals surface area (Å²) < 4.78 is 8.04. The SMILES string of the molecule is CC(C)Nc1cccc(C(OC(c2cccc(NC(C)C)c2)([SiH](C)C)C(C)(C)C)([SiH](C)C)C(C)(C)C)c1. The lowest BCUT2D eigenvalue weighted by Crippen LogP contribution is -2.62. The summed E-state index contributed by atoms with van der Waals surface area (Å²) in [5.41, 5.74) is 4.80. The first kappa shape index (κ1) is 31.7. The van der Waals surface area contributed by atoms with Crippen molar-refractivity contribution in [3.63, 3.8) is 0 Å². The minimum Gasteiger partial charge on any atom is -0.383 e. The first-order chi connectivity index (χ1) is 16.9. The van der Waals surface area contributed by atoms with Crippen molar-refractivity contribution in [2.45, 2.75) is 118 Å². The van der Waals surface area contributed by atoms with Crippen molar-refractivity contribution in [2.24, 2.45) is 10.8 Å². The predicted octanol–water partition coefficient (Wildman–Crippen LogP) is 8.58. The molecule has 0 aliphatic carbocycles. The molecule has 5 heteroatoms. The fraction of sp³-hybridized carbons (Fsp3) is 0.625. The van der Waals surface area contributed by atoms with Gasteiger partial charge in [0.05, 0.1) is 28.0 Å². The van der Waals surface area contributed by atoms with E-state index in [0.29, 0.717) is 12.1 Å². The minimum atomic E-state index is -1.44. The standard InChI is InChI=1S/C32H56N2OSi2/c1-23(2)33-27-19-15-17-25(21-27)31(36(11)12,29(5,6)7)35-32(37(13)14,30(8,9)10)26-18-16-20-28(22-26)34-24(3)4/h15-24,33-34,36-37H,1-14H3. The fourth-order valence-electron chi connectivity index (χ4n) is 6.53. The molecular weight excluding hydrogens is 485 g/mol. The summed E-state index contributed by atoms with van der Waals surface area (Å²) >= 11 is 0. The Morgan fingerprint density at radius 3 is 1.16 bits per heavy atom. The van der Waals surface area contributed by atoms with Crippen LogP contribution in [0.5, 0.6) is 0 Å². The predicted molar refractivity (Wildman–Crippen MR) is 172 cm³/mol. The van der Waals surface area contributed by atoms with Crippen LogP contribution in [-0.2, 0) is 15.2 Å². The molecule has 0 bridgehead atoms. The summed E-state index contributed by atoms with van der Waals surface area (Å²) in [5, 5.41) is 6.55. The van der Waals surface area contributed by atoms with E-state index < -0.39 is 17.6 Å². The molecule has 208 valence electrons. The molecule has 0 saturated carbocycles. The summed E-state index contributed by atoms with van der Waals surface area (Å²) in [6.45, 7) is 33.0. The van der Waals surface area contributed by atoms with Gasteiger partial charge in [0.1, 0.15) is 0 Å². The van der Waals surface area contributed by atoms with Gasteiger partial charge in [-0.05, 0) is 73.9 Å². The molecule has 0 aliphatic heterocycles. The van der Waals surface area contributed by atoms with E-state index in [1.54, 1.807) is 0 Å². The van der Waals surface area contributed by atoms with Crippen LogP contribution >= 0.6 is 0 Å². The molecule has 2 aromatic rings. The highest BCUT2D eigenvalue weighted by molar-refractivity contribution is 6.61. The van der Waals surface area contributed by atoms with E-state index in [-0.39, 0.29) is 21.3 Å². The maximum Gasteiger partial charge on any atom is 0.0842 e. The van der Waals surface area contributed by atoms with E-state index in [9.17, 15) is 0 Å². The highest BCUT2D eigenvalue weighted by atomic mass is 28.3. The van der Waals surface area contributed by atoms with Crippen LogP contribution in [-0.4, -0.2) is 29.7 Å². The minimum absolute atomic E-state index is 0.0859. The number of rotatable bonds is 10. The summed E-state index contributed by atoms with van der Waals surface area (Å²) in [6, 6.07) is 18.9. The smallest absolute Gasteiger partial charge is 0.0842 e. The van der Waals surface area contributed by atoms with Crippen LogP contribution in [0.25, 0.3) is 0 Å². The first-order valence-corrected chi connectivity index (χ1v) is 20.1. The summed E-state index contributed by atoms with van der Waals surface area (Å²) in [7, 11) is -2.89. The largest absolute Gasteiger partial charge is 0.383 e. The van der Waals surface area contributed by atoms with E-state index in [2.05, 4.69) is 155 Å². The third-order valence-corrected chi connectivity index (χ3v) is 13.6. The topological polar surface area (TPSA) is 33.3 Å². The Kier molecular flexibility index (Phi) is 9.98. The maximum absolute atomic E-state index is 8.04. The molecule has 2 N–H and O–H groups in total. The van der Waals surface area contributed by atoms with Gasteiger partial charge < -0.3 is 15.4 Å². The molecule has 2 aromatic carbocycles. The molecule has 0 amide bonds. The van der Waals surface area contributed by atoms with Gasteiger partial charge in [0, 0.05) is 23.5 Å². The second-order valence-corrected chi connectivity index (χ2v) is 20.4. The molecule has 0 aliphatic rings. The molecule has 2 rings (SSSR count).